The van der Waals surface area contributed by atoms with Gasteiger partial charge in [0.2, 0.25) is 5.88 Å². The summed E-state index contributed by atoms with van der Waals surface area (Å²) in [6.07, 6.45) is 5.03. The number of aromatic nitrogens is 1. The minimum atomic E-state index is -0.331. The third-order valence-electron chi connectivity index (χ3n) is 5.01. The number of carbonyl (C=O) groups is 2. The highest BCUT2D eigenvalue weighted by atomic mass is 32.2. The van der Waals surface area contributed by atoms with Crippen molar-refractivity contribution in [2.75, 3.05) is 25.2 Å². The first-order valence-corrected chi connectivity index (χ1v) is 12.5. The molecule has 0 bridgehead atoms. The van der Waals surface area contributed by atoms with E-state index in [1.807, 2.05) is 28.6 Å². The SMILES string of the molecule is C1=CSCC1.CNC(=O)c1cc2ccc(-c3ccco3)c(C(=O)Nc3ccsc3)c2nc1OC. The highest BCUT2D eigenvalue weighted by Crippen LogP contribution is 2.33. The number of nitrogens with zero attached hydrogens (tertiary/aromatic N) is 1. The molecule has 0 spiro atoms. The molecule has 4 heterocycles. The Labute approximate surface area is 205 Å². The van der Waals surface area contributed by atoms with Gasteiger partial charge in [-0.2, -0.15) is 11.3 Å². The summed E-state index contributed by atoms with van der Waals surface area (Å²) >= 11 is 3.38. The summed E-state index contributed by atoms with van der Waals surface area (Å²) in [5.74, 6) is 1.33. The van der Waals surface area contributed by atoms with E-state index < -0.39 is 0 Å². The van der Waals surface area contributed by atoms with Crippen molar-refractivity contribution in [3.05, 3.63) is 76.0 Å². The number of benzene rings is 1. The van der Waals surface area contributed by atoms with E-state index in [0.29, 0.717) is 33.5 Å². The second kappa shape index (κ2) is 11.0. The van der Waals surface area contributed by atoms with Gasteiger partial charge in [-0.05, 0) is 47.5 Å². The zero-order valence-electron chi connectivity index (χ0n) is 18.7. The number of carbonyl (C=O) groups excluding carboxylic acids is 2. The van der Waals surface area contributed by atoms with Gasteiger partial charge in [-0.25, -0.2) is 4.98 Å². The standard InChI is InChI=1S/C21H17N3O4S.C4H6S/c1-22-19(25)15-10-12-5-6-14(16-4-3-8-28-16)17(18(12)24-21(15)27-2)20(26)23-13-7-9-29-11-13;1-2-4-5-3-1/h3-11H,1-2H3,(H,22,25)(H,23,26);1,3H,2,4H2. The number of methoxy groups -OCH3 is 1. The van der Waals surface area contributed by atoms with Crippen LogP contribution in [0.15, 0.2) is 69.3 Å². The first-order valence-electron chi connectivity index (χ1n) is 10.5. The summed E-state index contributed by atoms with van der Waals surface area (Å²) in [5, 5.41) is 12.0. The lowest BCUT2D eigenvalue weighted by Gasteiger charge is -2.14. The average molecular weight is 494 g/mol. The first-order chi connectivity index (χ1) is 16.6. The van der Waals surface area contributed by atoms with Crippen LogP contribution in [-0.2, 0) is 0 Å². The molecule has 7 nitrogen and oxygen atoms in total. The summed E-state index contributed by atoms with van der Waals surface area (Å²) in [5.41, 5.74) is 2.33. The van der Waals surface area contributed by atoms with Crippen LogP contribution < -0.4 is 15.4 Å². The van der Waals surface area contributed by atoms with Crippen molar-refractivity contribution in [3.63, 3.8) is 0 Å². The number of fused-ring (bicyclic) bond motifs is 1. The van der Waals surface area contributed by atoms with E-state index in [-0.39, 0.29) is 23.3 Å². The number of nitrogens with one attached hydrogen (secondary N) is 2. The largest absolute Gasteiger partial charge is 0.480 e. The summed E-state index contributed by atoms with van der Waals surface area (Å²) < 4.78 is 10.9. The van der Waals surface area contributed by atoms with Gasteiger partial charge in [0.15, 0.2) is 0 Å². The van der Waals surface area contributed by atoms with Crippen molar-refractivity contribution in [1.82, 2.24) is 10.3 Å². The molecule has 3 aromatic heterocycles. The lowest BCUT2D eigenvalue weighted by atomic mass is 9.99. The molecule has 1 aliphatic heterocycles. The number of amides is 2. The number of hydrogen-bond acceptors (Lipinski definition) is 7. The Kier molecular flexibility index (Phi) is 7.66. The van der Waals surface area contributed by atoms with Gasteiger partial charge in [-0.15, -0.1) is 11.8 Å². The maximum Gasteiger partial charge on any atom is 0.258 e. The average Bonchev–Trinajstić information content (AvgIpc) is 3.66. The molecule has 1 aromatic carbocycles. The maximum absolute atomic E-state index is 13.2. The molecule has 2 N–H and O–H groups in total. The topological polar surface area (TPSA) is 93.5 Å². The number of furan rings is 1. The third-order valence-corrected chi connectivity index (χ3v) is 6.54. The molecular formula is C25H23N3O4S2. The lowest BCUT2D eigenvalue weighted by molar-refractivity contribution is 0.0959. The number of allylic oxidation sites excluding steroid dienone is 1. The van der Waals surface area contributed by atoms with Crippen molar-refractivity contribution in [3.8, 4) is 17.2 Å². The Bertz CT molecular complexity index is 1310. The molecule has 4 aromatic rings. The monoisotopic (exact) mass is 493 g/mol. The maximum atomic E-state index is 13.2. The molecule has 0 fully saturated rings. The highest BCUT2D eigenvalue weighted by Gasteiger charge is 2.23. The molecule has 34 heavy (non-hydrogen) atoms. The van der Waals surface area contributed by atoms with Gasteiger partial charge < -0.3 is 19.8 Å². The van der Waals surface area contributed by atoms with Gasteiger partial charge >= 0.3 is 0 Å². The molecule has 174 valence electrons. The third kappa shape index (κ3) is 5.16. The zero-order valence-corrected chi connectivity index (χ0v) is 20.3. The molecule has 2 amide bonds. The van der Waals surface area contributed by atoms with Gasteiger partial charge in [0.25, 0.3) is 11.8 Å². The Morgan fingerprint density at radius 2 is 2.06 bits per heavy atom. The van der Waals surface area contributed by atoms with Crippen LogP contribution in [0.5, 0.6) is 5.88 Å². The Morgan fingerprint density at radius 3 is 2.65 bits per heavy atom. The normalized spacial score (nSPS) is 12.2. The number of ether oxygens (including phenoxy) is 1. The predicted octanol–water partition coefficient (Wildman–Crippen LogP) is 5.81. The lowest BCUT2D eigenvalue weighted by Crippen LogP contribution is -2.19. The number of hydrogen-bond donors (Lipinski definition) is 2. The Balaban J connectivity index is 0.000000486. The molecule has 0 saturated heterocycles. The van der Waals surface area contributed by atoms with E-state index >= 15 is 0 Å². The first kappa shape index (κ1) is 23.6. The molecule has 0 radical (unpaired) electrons. The molecule has 1 aliphatic rings. The molecular weight excluding hydrogens is 470 g/mol. The minimum Gasteiger partial charge on any atom is -0.480 e. The van der Waals surface area contributed by atoms with E-state index in [4.69, 9.17) is 9.15 Å². The van der Waals surface area contributed by atoms with Gasteiger partial charge in [0, 0.05) is 29.1 Å². The van der Waals surface area contributed by atoms with Gasteiger partial charge in [0.1, 0.15) is 11.3 Å². The van der Waals surface area contributed by atoms with E-state index in [2.05, 4.69) is 27.1 Å². The van der Waals surface area contributed by atoms with Crippen LogP contribution in [0.4, 0.5) is 5.69 Å². The number of pyridine rings is 1. The summed E-state index contributed by atoms with van der Waals surface area (Å²) in [7, 11) is 2.97. The van der Waals surface area contributed by atoms with Gasteiger partial charge in [0.05, 0.1) is 30.1 Å². The number of thioether (sulfide) groups is 1. The second-order valence-corrected chi connectivity index (χ2v) is 8.95. The van der Waals surface area contributed by atoms with Crippen LogP contribution in [0.2, 0.25) is 0 Å². The molecule has 9 heteroatoms. The zero-order chi connectivity index (χ0) is 23.9. The summed E-state index contributed by atoms with van der Waals surface area (Å²) in [4.78, 5) is 29.9. The van der Waals surface area contributed by atoms with Crippen LogP contribution in [0, 0.1) is 0 Å². The van der Waals surface area contributed by atoms with Gasteiger partial charge in [-0.1, -0.05) is 12.1 Å². The van der Waals surface area contributed by atoms with E-state index in [0.717, 1.165) is 0 Å². The fourth-order valence-corrected chi connectivity index (χ4v) is 4.68. The highest BCUT2D eigenvalue weighted by molar-refractivity contribution is 8.02. The fourth-order valence-electron chi connectivity index (χ4n) is 3.41. The summed E-state index contributed by atoms with van der Waals surface area (Å²) in [6.45, 7) is 0. The smallest absolute Gasteiger partial charge is 0.258 e. The summed E-state index contributed by atoms with van der Waals surface area (Å²) in [6, 6.07) is 10.6. The Hall–Kier alpha value is -3.56. The number of rotatable bonds is 5. The van der Waals surface area contributed by atoms with Crippen LogP contribution in [0.3, 0.4) is 0 Å². The molecule has 5 rings (SSSR count). The predicted molar refractivity (Wildman–Crippen MR) is 138 cm³/mol. The van der Waals surface area contributed by atoms with Crippen LogP contribution in [0.1, 0.15) is 27.1 Å². The fraction of sp³-hybridized carbons (Fsp3) is 0.160. The van der Waals surface area contributed by atoms with Crippen LogP contribution in [0.25, 0.3) is 22.2 Å². The molecule has 0 saturated carbocycles. The van der Waals surface area contributed by atoms with Gasteiger partial charge in [-0.3, -0.25) is 9.59 Å². The minimum absolute atomic E-state index is 0.137. The number of anilines is 1. The molecule has 0 unspecified atom stereocenters. The van der Waals surface area contributed by atoms with E-state index in [1.54, 1.807) is 36.6 Å². The van der Waals surface area contributed by atoms with Crippen molar-refractivity contribution in [1.29, 1.82) is 0 Å². The number of thiophene rings is 1. The van der Waals surface area contributed by atoms with Crippen molar-refractivity contribution in [2.45, 2.75) is 6.42 Å². The van der Waals surface area contributed by atoms with Crippen molar-refractivity contribution >= 4 is 51.5 Å². The quantitative estimate of drug-likeness (QED) is 0.364. The second-order valence-electron chi connectivity index (χ2n) is 7.16. The Morgan fingerprint density at radius 1 is 1.18 bits per heavy atom. The van der Waals surface area contributed by atoms with E-state index in [9.17, 15) is 9.59 Å². The molecule has 0 atom stereocenters. The molecule has 0 aliphatic carbocycles. The van der Waals surface area contributed by atoms with Crippen molar-refractivity contribution in [2.24, 2.45) is 0 Å². The van der Waals surface area contributed by atoms with Crippen molar-refractivity contribution < 1.29 is 18.7 Å². The van der Waals surface area contributed by atoms with E-state index in [1.165, 1.54) is 37.7 Å². The van der Waals surface area contributed by atoms with Crippen LogP contribution in [-0.4, -0.2) is 36.7 Å². The van der Waals surface area contributed by atoms with Crippen LogP contribution >= 0.6 is 23.1 Å².